The third-order valence-corrected chi connectivity index (χ3v) is 7.27. The van der Waals surface area contributed by atoms with E-state index in [1.165, 1.54) is 0 Å². The summed E-state index contributed by atoms with van der Waals surface area (Å²) in [7, 11) is 0. The van der Waals surface area contributed by atoms with E-state index in [0.717, 1.165) is 33.4 Å². The summed E-state index contributed by atoms with van der Waals surface area (Å²) in [4.78, 5) is 28.8. The molecule has 6 heteroatoms. The number of aliphatic hydroxyl groups excluding tert-OH is 1. The maximum Gasteiger partial charge on any atom is 0.243 e. The van der Waals surface area contributed by atoms with Crippen LogP contribution < -0.4 is 5.32 Å². The van der Waals surface area contributed by atoms with Crippen LogP contribution in [0.25, 0.3) is 0 Å². The fourth-order valence-corrected chi connectivity index (χ4v) is 5.25. The number of phenolic OH excluding ortho intramolecular Hbond substituents is 1. The second-order valence-corrected chi connectivity index (χ2v) is 10.2. The van der Waals surface area contributed by atoms with Crippen molar-refractivity contribution in [2.24, 2.45) is 5.92 Å². The van der Waals surface area contributed by atoms with Crippen molar-refractivity contribution >= 4 is 11.8 Å². The monoisotopic (exact) mass is 500 g/mol. The Kier molecular flexibility index (Phi) is 8.29. The van der Waals surface area contributed by atoms with Gasteiger partial charge in [-0.25, -0.2) is 0 Å². The van der Waals surface area contributed by atoms with Crippen molar-refractivity contribution in [1.29, 1.82) is 0 Å². The topological polar surface area (TPSA) is 89.9 Å². The van der Waals surface area contributed by atoms with Gasteiger partial charge in [-0.3, -0.25) is 9.59 Å². The first-order valence-electron chi connectivity index (χ1n) is 12.9. The van der Waals surface area contributed by atoms with Crippen LogP contribution in [0, 0.1) is 19.8 Å². The minimum Gasteiger partial charge on any atom is -0.508 e. The first kappa shape index (κ1) is 26.4. The summed E-state index contributed by atoms with van der Waals surface area (Å²) >= 11 is 0. The number of nitrogens with zero attached hydrogens (tertiary/aromatic N) is 1. The van der Waals surface area contributed by atoms with Gasteiger partial charge < -0.3 is 20.4 Å². The number of hydrogen-bond acceptors (Lipinski definition) is 4. The molecule has 0 aromatic heterocycles. The molecule has 3 atom stereocenters. The second kappa shape index (κ2) is 11.6. The molecule has 1 heterocycles. The number of aryl methyl sites for hydroxylation is 2. The lowest BCUT2D eigenvalue weighted by molar-refractivity contribution is -0.144. The first-order chi connectivity index (χ1) is 17.7. The van der Waals surface area contributed by atoms with Crippen molar-refractivity contribution in [1.82, 2.24) is 10.2 Å². The SMILES string of the molecule is Cc1cc(O)cc(C)c1C[C@H](C)C(=O)N1Cc2ccccc2C[C@H]1C(=O)NC[C@H](O)Cc1ccccc1. The molecule has 2 amide bonds. The molecule has 1 aliphatic heterocycles. The Morgan fingerprint density at radius 1 is 0.973 bits per heavy atom. The summed E-state index contributed by atoms with van der Waals surface area (Å²) in [5.74, 6) is -0.451. The van der Waals surface area contributed by atoms with Crippen LogP contribution in [-0.4, -0.2) is 45.6 Å². The molecule has 0 radical (unpaired) electrons. The molecule has 0 bridgehead atoms. The number of carbonyl (C=O) groups is 2. The lowest BCUT2D eigenvalue weighted by Gasteiger charge is -2.37. The summed E-state index contributed by atoms with van der Waals surface area (Å²) < 4.78 is 0. The standard InChI is InChI=1S/C31H36N2O4/c1-20-13-26(34)14-21(2)28(20)15-22(3)31(37)33-19-25-12-8-7-11-24(25)17-29(33)30(36)32-18-27(35)16-23-9-5-4-6-10-23/h4-14,22,27,29,34-35H,15-19H2,1-3H3,(H,32,36)/t22-,27+,29-/m0/s1. The van der Waals surface area contributed by atoms with Crippen LogP contribution in [0.3, 0.4) is 0 Å². The summed E-state index contributed by atoms with van der Waals surface area (Å²) in [5, 5.41) is 23.3. The minimum absolute atomic E-state index is 0.0774. The number of nitrogens with one attached hydrogen (secondary N) is 1. The number of fused-ring (bicyclic) bond motifs is 1. The number of rotatable bonds is 8. The minimum atomic E-state index is -0.717. The molecule has 194 valence electrons. The summed E-state index contributed by atoms with van der Waals surface area (Å²) in [5.41, 5.74) is 6.05. The fraction of sp³-hybridized carbons (Fsp3) is 0.355. The van der Waals surface area contributed by atoms with Crippen molar-refractivity contribution in [2.75, 3.05) is 6.54 Å². The molecule has 0 saturated heterocycles. The van der Waals surface area contributed by atoms with Gasteiger partial charge in [0, 0.05) is 31.8 Å². The van der Waals surface area contributed by atoms with E-state index < -0.39 is 12.1 Å². The van der Waals surface area contributed by atoms with Crippen LogP contribution in [-0.2, 0) is 35.4 Å². The lowest BCUT2D eigenvalue weighted by Crippen LogP contribution is -2.54. The van der Waals surface area contributed by atoms with Crippen LogP contribution in [0.2, 0.25) is 0 Å². The molecular weight excluding hydrogens is 464 g/mol. The highest BCUT2D eigenvalue weighted by atomic mass is 16.3. The maximum atomic E-state index is 13.7. The third-order valence-electron chi connectivity index (χ3n) is 7.27. The van der Waals surface area contributed by atoms with E-state index in [-0.39, 0.29) is 30.0 Å². The van der Waals surface area contributed by atoms with Gasteiger partial charge in [0.1, 0.15) is 11.8 Å². The Hall–Kier alpha value is -3.64. The van der Waals surface area contributed by atoms with Gasteiger partial charge in [-0.2, -0.15) is 0 Å². The highest BCUT2D eigenvalue weighted by molar-refractivity contribution is 5.89. The molecule has 0 unspecified atom stereocenters. The molecule has 6 nitrogen and oxygen atoms in total. The van der Waals surface area contributed by atoms with Gasteiger partial charge in [0.25, 0.3) is 0 Å². The number of aliphatic hydroxyl groups is 1. The van der Waals surface area contributed by atoms with Crippen molar-refractivity contribution in [3.63, 3.8) is 0 Å². The lowest BCUT2D eigenvalue weighted by atomic mass is 9.89. The zero-order valence-corrected chi connectivity index (χ0v) is 21.8. The Morgan fingerprint density at radius 2 is 1.59 bits per heavy atom. The zero-order valence-electron chi connectivity index (χ0n) is 21.8. The molecule has 0 fully saturated rings. The molecule has 3 aromatic carbocycles. The van der Waals surface area contributed by atoms with Crippen molar-refractivity contribution in [3.8, 4) is 5.75 Å². The molecule has 3 N–H and O–H groups in total. The number of carbonyl (C=O) groups excluding carboxylic acids is 2. The van der Waals surface area contributed by atoms with E-state index in [2.05, 4.69) is 5.32 Å². The average molecular weight is 501 g/mol. The van der Waals surface area contributed by atoms with Gasteiger partial charge in [-0.15, -0.1) is 0 Å². The van der Waals surface area contributed by atoms with Crippen molar-refractivity contribution < 1.29 is 19.8 Å². The van der Waals surface area contributed by atoms with Crippen molar-refractivity contribution in [2.45, 2.75) is 58.7 Å². The first-order valence-corrected chi connectivity index (χ1v) is 12.9. The molecule has 37 heavy (non-hydrogen) atoms. The number of amides is 2. The Balaban J connectivity index is 1.48. The van der Waals surface area contributed by atoms with Gasteiger partial charge in [-0.05, 0) is 65.8 Å². The smallest absolute Gasteiger partial charge is 0.243 e. The van der Waals surface area contributed by atoms with Gasteiger partial charge in [-0.1, -0.05) is 61.5 Å². The number of phenols is 1. The van der Waals surface area contributed by atoms with Gasteiger partial charge >= 0.3 is 0 Å². The summed E-state index contributed by atoms with van der Waals surface area (Å²) in [6, 6.07) is 20.4. The zero-order chi connectivity index (χ0) is 26.5. The highest BCUT2D eigenvalue weighted by Crippen LogP contribution is 2.28. The molecular formula is C31H36N2O4. The number of benzene rings is 3. The van der Waals surface area contributed by atoms with E-state index in [1.54, 1.807) is 17.0 Å². The number of hydrogen-bond donors (Lipinski definition) is 3. The van der Waals surface area contributed by atoms with Gasteiger partial charge in [0.2, 0.25) is 11.8 Å². The van der Waals surface area contributed by atoms with E-state index in [0.29, 0.717) is 25.8 Å². The Labute approximate surface area is 219 Å². The molecule has 0 spiro atoms. The average Bonchev–Trinajstić information content (AvgIpc) is 2.88. The van der Waals surface area contributed by atoms with Crippen molar-refractivity contribution in [3.05, 3.63) is 100 Å². The van der Waals surface area contributed by atoms with Crippen LogP contribution in [0.15, 0.2) is 66.7 Å². The highest BCUT2D eigenvalue weighted by Gasteiger charge is 2.36. The van der Waals surface area contributed by atoms with E-state index in [9.17, 15) is 19.8 Å². The summed E-state index contributed by atoms with van der Waals surface area (Å²) in [6.45, 7) is 6.26. The predicted molar refractivity (Wildman–Crippen MR) is 144 cm³/mol. The fourth-order valence-electron chi connectivity index (χ4n) is 5.25. The molecule has 0 saturated carbocycles. The quantitative estimate of drug-likeness (QED) is 0.438. The van der Waals surface area contributed by atoms with E-state index >= 15 is 0 Å². The second-order valence-electron chi connectivity index (χ2n) is 10.2. The molecule has 0 aliphatic carbocycles. The van der Waals surface area contributed by atoms with Gasteiger partial charge in [0.15, 0.2) is 0 Å². The third kappa shape index (κ3) is 6.38. The molecule has 1 aliphatic rings. The Bertz CT molecular complexity index is 1230. The largest absolute Gasteiger partial charge is 0.508 e. The van der Waals surface area contributed by atoms with Crippen LogP contribution in [0.4, 0.5) is 0 Å². The van der Waals surface area contributed by atoms with Crippen LogP contribution in [0.5, 0.6) is 5.75 Å². The normalized spacial score (nSPS) is 16.5. The summed E-state index contributed by atoms with van der Waals surface area (Å²) in [6.07, 6.45) is 0.691. The van der Waals surface area contributed by atoms with E-state index in [1.807, 2.05) is 75.4 Å². The van der Waals surface area contributed by atoms with Crippen LogP contribution >= 0.6 is 0 Å². The predicted octanol–water partition coefficient (Wildman–Crippen LogP) is 3.86. The Morgan fingerprint density at radius 3 is 2.27 bits per heavy atom. The molecule has 4 rings (SSSR count). The molecule has 3 aromatic rings. The van der Waals surface area contributed by atoms with Gasteiger partial charge in [0.05, 0.1) is 6.10 Å². The van der Waals surface area contributed by atoms with E-state index in [4.69, 9.17) is 0 Å². The maximum absolute atomic E-state index is 13.7. The van der Waals surface area contributed by atoms with Crippen LogP contribution in [0.1, 0.15) is 40.3 Å². The number of aromatic hydroxyl groups is 1.